The van der Waals surface area contributed by atoms with Gasteiger partial charge < -0.3 is 15.0 Å². The molecule has 1 amide bonds. The normalized spacial score (nSPS) is 15.2. The molecule has 1 aliphatic heterocycles. The maximum absolute atomic E-state index is 12.0. The average Bonchev–Trinajstić information content (AvgIpc) is 2.28. The Morgan fingerprint density at radius 1 is 1.42 bits per heavy atom. The minimum atomic E-state index is -2.82. The SMILES string of the molecule is CN(Cc1ccc(OC(F)F)cc1)C(=O)C1CNC1. The molecule has 4 nitrogen and oxygen atoms in total. The molecule has 0 saturated carbocycles. The number of ether oxygens (including phenoxy) is 1. The molecule has 2 rings (SSSR count). The number of amides is 1. The number of nitrogens with zero attached hydrogens (tertiary/aromatic N) is 1. The Labute approximate surface area is 110 Å². The Morgan fingerprint density at radius 2 is 2.05 bits per heavy atom. The van der Waals surface area contributed by atoms with Crippen molar-refractivity contribution in [1.29, 1.82) is 0 Å². The molecule has 1 saturated heterocycles. The minimum absolute atomic E-state index is 0.0615. The zero-order valence-electron chi connectivity index (χ0n) is 10.6. The molecule has 0 aromatic heterocycles. The van der Waals surface area contributed by atoms with Crippen LogP contribution in [0.5, 0.6) is 5.75 Å². The van der Waals surface area contributed by atoms with Gasteiger partial charge in [-0.05, 0) is 17.7 Å². The van der Waals surface area contributed by atoms with Crippen molar-refractivity contribution in [3.05, 3.63) is 29.8 Å². The smallest absolute Gasteiger partial charge is 0.387 e. The second kappa shape index (κ2) is 5.97. The van der Waals surface area contributed by atoms with Gasteiger partial charge in [0.2, 0.25) is 5.91 Å². The lowest BCUT2D eigenvalue weighted by molar-refractivity contribution is -0.136. The van der Waals surface area contributed by atoms with Gasteiger partial charge in [0.15, 0.2) is 0 Å². The monoisotopic (exact) mass is 270 g/mol. The molecule has 1 aromatic rings. The van der Waals surface area contributed by atoms with Gasteiger partial charge in [0.1, 0.15) is 5.75 Å². The van der Waals surface area contributed by atoms with Crippen LogP contribution in [-0.2, 0) is 11.3 Å². The van der Waals surface area contributed by atoms with E-state index in [1.807, 2.05) is 0 Å². The third kappa shape index (κ3) is 3.64. The van der Waals surface area contributed by atoms with Gasteiger partial charge in [-0.25, -0.2) is 0 Å². The maximum Gasteiger partial charge on any atom is 0.387 e. The predicted octanol–water partition coefficient (Wildman–Crippen LogP) is 1.47. The number of carbonyl (C=O) groups is 1. The molecule has 19 heavy (non-hydrogen) atoms. The van der Waals surface area contributed by atoms with E-state index < -0.39 is 6.61 Å². The number of halogens is 2. The average molecular weight is 270 g/mol. The summed E-state index contributed by atoms with van der Waals surface area (Å²) in [5, 5.41) is 3.05. The summed E-state index contributed by atoms with van der Waals surface area (Å²) in [5.41, 5.74) is 0.879. The van der Waals surface area contributed by atoms with Gasteiger partial charge >= 0.3 is 6.61 Å². The summed E-state index contributed by atoms with van der Waals surface area (Å²) in [6.07, 6.45) is 0. The standard InChI is InChI=1S/C13H16F2N2O2/c1-17(12(18)10-6-16-7-10)8-9-2-4-11(5-3-9)19-13(14)15/h2-5,10,13,16H,6-8H2,1H3. The topological polar surface area (TPSA) is 41.6 Å². The molecule has 6 heteroatoms. The van der Waals surface area contributed by atoms with E-state index in [1.165, 1.54) is 12.1 Å². The van der Waals surface area contributed by atoms with E-state index in [-0.39, 0.29) is 17.6 Å². The van der Waals surface area contributed by atoms with Gasteiger partial charge in [0, 0.05) is 26.7 Å². The van der Waals surface area contributed by atoms with Crippen LogP contribution in [0.4, 0.5) is 8.78 Å². The van der Waals surface area contributed by atoms with Crippen LogP contribution in [0.3, 0.4) is 0 Å². The highest BCUT2D eigenvalue weighted by molar-refractivity contribution is 5.79. The van der Waals surface area contributed by atoms with E-state index in [1.54, 1.807) is 24.1 Å². The van der Waals surface area contributed by atoms with Gasteiger partial charge in [0.25, 0.3) is 0 Å². The minimum Gasteiger partial charge on any atom is -0.435 e. The third-order valence-corrected chi connectivity index (χ3v) is 3.08. The number of carbonyl (C=O) groups excluding carboxylic acids is 1. The first kappa shape index (κ1) is 13.7. The molecule has 0 radical (unpaired) electrons. The largest absolute Gasteiger partial charge is 0.435 e. The van der Waals surface area contributed by atoms with E-state index in [0.29, 0.717) is 6.54 Å². The summed E-state index contributed by atoms with van der Waals surface area (Å²) in [7, 11) is 1.74. The number of hydrogen-bond acceptors (Lipinski definition) is 3. The Hall–Kier alpha value is -1.69. The van der Waals surface area contributed by atoms with Crippen molar-refractivity contribution < 1.29 is 18.3 Å². The Kier molecular flexibility index (Phi) is 4.31. The molecule has 0 unspecified atom stereocenters. The molecule has 1 fully saturated rings. The Morgan fingerprint density at radius 3 is 2.53 bits per heavy atom. The number of rotatable bonds is 5. The zero-order valence-corrected chi connectivity index (χ0v) is 10.6. The quantitative estimate of drug-likeness (QED) is 0.881. The second-order valence-corrected chi connectivity index (χ2v) is 4.57. The van der Waals surface area contributed by atoms with Gasteiger partial charge in [-0.15, -0.1) is 0 Å². The van der Waals surface area contributed by atoms with Crippen LogP contribution < -0.4 is 10.1 Å². The number of benzene rings is 1. The van der Waals surface area contributed by atoms with Crippen LogP contribution in [0.25, 0.3) is 0 Å². The fourth-order valence-corrected chi connectivity index (χ4v) is 1.90. The van der Waals surface area contributed by atoms with Crippen molar-refractivity contribution in [3.8, 4) is 5.75 Å². The van der Waals surface area contributed by atoms with Crippen molar-refractivity contribution in [2.75, 3.05) is 20.1 Å². The summed E-state index contributed by atoms with van der Waals surface area (Å²) in [6.45, 7) is -0.903. The number of nitrogens with one attached hydrogen (secondary N) is 1. The molecule has 1 aliphatic rings. The van der Waals surface area contributed by atoms with E-state index in [0.717, 1.165) is 18.7 Å². The van der Waals surface area contributed by atoms with Gasteiger partial charge in [-0.3, -0.25) is 4.79 Å². The van der Waals surface area contributed by atoms with Crippen molar-refractivity contribution in [1.82, 2.24) is 10.2 Å². The zero-order chi connectivity index (χ0) is 13.8. The van der Waals surface area contributed by atoms with Crippen LogP contribution >= 0.6 is 0 Å². The predicted molar refractivity (Wildman–Crippen MR) is 65.9 cm³/mol. The highest BCUT2D eigenvalue weighted by Crippen LogP contribution is 2.16. The summed E-state index contributed by atoms with van der Waals surface area (Å²) < 4.78 is 28.2. The number of alkyl halides is 2. The fraction of sp³-hybridized carbons (Fsp3) is 0.462. The molecule has 104 valence electrons. The van der Waals surface area contributed by atoms with E-state index in [2.05, 4.69) is 10.1 Å². The van der Waals surface area contributed by atoms with Crippen LogP contribution in [0.15, 0.2) is 24.3 Å². The van der Waals surface area contributed by atoms with Gasteiger partial charge in [-0.1, -0.05) is 12.1 Å². The van der Waals surface area contributed by atoms with Crippen LogP contribution in [0.1, 0.15) is 5.56 Å². The molecule has 0 atom stereocenters. The lowest BCUT2D eigenvalue weighted by atomic mass is 10.0. The molecule has 0 aliphatic carbocycles. The lowest BCUT2D eigenvalue weighted by Gasteiger charge is -2.30. The first-order valence-electron chi connectivity index (χ1n) is 6.05. The van der Waals surface area contributed by atoms with E-state index in [4.69, 9.17) is 0 Å². The molecular formula is C13H16F2N2O2. The van der Waals surface area contributed by atoms with E-state index in [9.17, 15) is 13.6 Å². The maximum atomic E-state index is 12.0. The Bertz CT molecular complexity index is 433. The molecule has 1 aromatic carbocycles. The molecule has 0 bridgehead atoms. The van der Waals surface area contributed by atoms with Crippen LogP contribution in [0, 0.1) is 5.92 Å². The first-order chi connectivity index (χ1) is 9.06. The van der Waals surface area contributed by atoms with Gasteiger partial charge in [-0.2, -0.15) is 8.78 Å². The second-order valence-electron chi connectivity index (χ2n) is 4.57. The number of hydrogen-bond donors (Lipinski definition) is 1. The van der Waals surface area contributed by atoms with Gasteiger partial charge in [0.05, 0.1) is 5.92 Å². The summed E-state index contributed by atoms with van der Waals surface area (Å²) in [4.78, 5) is 13.6. The highest BCUT2D eigenvalue weighted by atomic mass is 19.3. The first-order valence-corrected chi connectivity index (χ1v) is 6.05. The molecule has 1 N–H and O–H groups in total. The molecule has 0 spiro atoms. The van der Waals surface area contributed by atoms with Crippen molar-refractivity contribution in [3.63, 3.8) is 0 Å². The van der Waals surface area contributed by atoms with Crippen LogP contribution in [-0.4, -0.2) is 37.6 Å². The Balaban J connectivity index is 1.89. The summed E-state index contributed by atoms with van der Waals surface area (Å²) in [5.74, 6) is 0.286. The fourth-order valence-electron chi connectivity index (χ4n) is 1.90. The lowest BCUT2D eigenvalue weighted by Crippen LogP contribution is -2.50. The van der Waals surface area contributed by atoms with Crippen molar-refractivity contribution >= 4 is 5.91 Å². The summed E-state index contributed by atoms with van der Waals surface area (Å²) in [6, 6.07) is 6.32. The van der Waals surface area contributed by atoms with Crippen molar-refractivity contribution in [2.45, 2.75) is 13.2 Å². The van der Waals surface area contributed by atoms with E-state index >= 15 is 0 Å². The third-order valence-electron chi connectivity index (χ3n) is 3.08. The molecular weight excluding hydrogens is 254 g/mol. The molecule has 1 heterocycles. The summed E-state index contributed by atoms with van der Waals surface area (Å²) >= 11 is 0. The van der Waals surface area contributed by atoms with Crippen molar-refractivity contribution in [2.24, 2.45) is 5.92 Å². The highest BCUT2D eigenvalue weighted by Gasteiger charge is 2.27. The van der Waals surface area contributed by atoms with Crippen LogP contribution in [0.2, 0.25) is 0 Å².